The minimum atomic E-state index is -3.64. The second kappa shape index (κ2) is 3.98. The Labute approximate surface area is 115 Å². The summed E-state index contributed by atoms with van der Waals surface area (Å²) < 4.78 is 28.2. The van der Waals surface area contributed by atoms with Crippen molar-refractivity contribution < 1.29 is 8.78 Å². The first-order chi connectivity index (χ1) is 8.86. The molecule has 7 heteroatoms. The van der Waals surface area contributed by atoms with Gasteiger partial charge < -0.3 is 0 Å². The Balaban J connectivity index is 2.44. The minimum absolute atomic E-state index is 0.212. The third-order valence-electron chi connectivity index (χ3n) is 2.74. The summed E-state index contributed by atoms with van der Waals surface area (Å²) in [4.78, 5) is 15.9. The number of hydrogen-bond acceptors (Lipinski definition) is 3. The summed E-state index contributed by atoms with van der Waals surface area (Å²) in [6.07, 6.45) is 0. The number of fused-ring (bicyclic) bond motifs is 3. The molecule has 0 N–H and O–H groups in total. The van der Waals surface area contributed by atoms with E-state index in [0.717, 1.165) is 16.3 Å². The molecule has 19 heavy (non-hydrogen) atoms. The first kappa shape index (κ1) is 12.5. The molecule has 2 heterocycles. The number of thiazole rings is 1. The molecule has 0 bridgehead atoms. The van der Waals surface area contributed by atoms with Crippen LogP contribution in [0.5, 0.6) is 0 Å². The largest absolute Gasteiger partial charge is 0.365 e. The molecule has 0 saturated heterocycles. The van der Waals surface area contributed by atoms with Crippen LogP contribution in [0, 0.1) is 6.92 Å². The summed E-state index contributed by atoms with van der Waals surface area (Å²) in [6.45, 7) is 1.92. The Morgan fingerprint density at radius 1 is 1.37 bits per heavy atom. The lowest BCUT2D eigenvalue weighted by molar-refractivity contribution is 0.0901. The first-order valence-electron chi connectivity index (χ1n) is 5.36. The highest BCUT2D eigenvalue weighted by molar-refractivity contribution is 7.23. The maximum Gasteiger partial charge on any atom is 0.365 e. The maximum atomic E-state index is 13.0. The van der Waals surface area contributed by atoms with Gasteiger partial charge in [-0.1, -0.05) is 17.4 Å². The molecule has 0 aliphatic rings. The number of hydrogen-bond donors (Lipinski definition) is 0. The van der Waals surface area contributed by atoms with Crippen LogP contribution in [0.15, 0.2) is 29.1 Å². The molecule has 1 aromatic carbocycles. The van der Waals surface area contributed by atoms with Gasteiger partial charge in [-0.25, -0.2) is 4.98 Å². The van der Waals surface area contributed by atoms with Crippen molar-refractivity contribution in [2.75, 3.05) is 0 Å². The topological polar surface area (TPSA) is 34.4 Å². The summed E-state index contributed by atoms with van der Waals surface area (Å²) in [5.41, 5.74) is 0.403. The maximum absolute atomic E-state index is 13.0. The molecule has 0 aliphatic heterocycles. The fourth-order valence-corrected chi connectivity index (χ4v) is 3.11. The highest BCUT2D eigenvalue weighted by Gasteiger charge is 2.31. The summed E-state index contributed by atoms with van der Waals surface area (Å²) >= 11 is 6.10. The van der Waals surface area contributed by atoms with Crippen LogP contribution < -0.4 is 5.56 Å². The lowest BCUT2D eigenvalue weighted by Gasteiger charge is -2.06. The predicted octanol–water partition coefficient (Wildman–Crippen LogP) is 3.51. The number of alkyl halides is 3. The molecular formula is C12H7ClF2N2OS. The van der Waals surface area contributed by atoms with Crippen LogP contribution in [-0.2, 0) is 5.38 Å². The van der Waals surface area contributed by atoms with E-state index in [2.05, 4.69) is 4.98 Å². The van der Waals surface area contributed by atoms with Gasteiger partial charge in [0.05, 0.1) is 10.2 Å². The molecule has 0 saturated carbocycles. The highest BCUT2D eigenvalue weighted by atomic mass is 35.5. The van der Waals surface area contributed by atoms with Crippen molar-refractivity contribution in [3.8, 4) is 0 Å². The van der Waals surface area contributed by atoms with Crippen LogP contribution in [0.3, 0.4) is 0 Å². The lowest BCUT2D eigenvalue weighted by atomic mass is 10.2. The molecule has 0 amide bonds. The average molecular weight is 301 g/mol. The van der Waals surface area contributed by atoms with Crippen molar-refractivity contribution in [1.29, 1.82) is 0 Å². The van der Waals surface area contributed by atoms with Crippen molar-refractivity contribution in [3.63, 3.8) is 0 Å². The van der Waals surface area contributed by atoms with Crippen LogP contribution in [0.1, 0.15) is 11.3 Å². The van der Waals surface area contributed by atoms with Crippen LogP contribution in [-0.4, -0.2) is 9.38 Å². The molecule has 0 atom stereocenters. The molecule has 0 fully saturated rings. The Morgan fingerprint density at radius 3 is 2.79 bits per heavy atom. The SMILES string of the molecule is Cc1ccc2c(c1)sc1nc(C(F)(F)Cl)cc(=O)n12. The average Bonchev–Trinajstić information content (AvgIpc) is 2.65. The van der Waals surface area contributed by atoms with Gasteiger partial charge in [-0.2, -0.15) is 8.78 Å². The zero-order chi connectivity index (χ0) is 13.8. The van der Waals surface area contributed by atoms with E-state index in [1.54, 1.807) is 6.07 Å². The second-order valence-corrected chi connectivity index (χ2v) is 5.65. The molecule has 3 aromatic rings. The Bertz CT molecular complexity index is 850. The van der Waals surface area contributed by atoms with E-state index in [-0.39, 0.29) is 4.96 Å². The highest BCUT2D eigenvalue weighted by Crippen LogP contribution is 2.32. The summed E-state index contributed by atoms with van der Waals surface area (Å²) in [7, 11) is 0. The molecule has 2 aromatic heterocycles. The normalized spacial score (nSPS) is 12.4. The van der Waals surface area contributed by atoms with E-state index in [9.17, 15) is 13.6 Å². The van der Waals surface area contributed by atoms with Gasteiger partial charge in [-0.3, -0.25) is 9.20 Å². The molecule has 0 unspecified atom stereocenters. The number of aryl methyl sites for hydroxylation is 1. The van der Waals surface area contributed by atoms with E-state index in [1.807, 2.05) is 19.1 Å². The predicted molar refractivity (Wildman–Crippen MR) is 71.3 cm³/mol. The molecule has 98 valence electrons. The molecule has 3 nitrogen and oxygen atoms in total. The van der Waals surface area contributed by atoms with E-state index in [4.69, 9.17) is 11.6 Å². The molecular weight excluding hydrogens is 294 g/mol. The minimum Gasteiger partial charge on any atom is -0.269 e. The van der Waals surface area contributed by atoms with E-state index in [1.165, 1.54) is 15.7 Å². The summed E-state index contributed by atoms with van der Waals surface area (Å²) in [5, 5.41) is -3.64. The number of rotatable bonds is 1. The van der Waals surface area contributed by atoms with Crippen molar-refractivity contribution in [2.45, 2.75) is 12.3 Å². The Morgan fingerprint density at radius 2 is 2.11 bits per heavy atom. The molecule has 3 rings (SSSR count). The van der Waals surface area contributed by atoms with Gasteiger partial charge in [0.2, 0.25) is 0 Å². The third kappa shape index (κ3) is 2.01. The van der Waals surface area contributed by atoms with Gasteiger partial charge in [0.1, 0.15) is 5.69 Å². The third-order valence-corrected chi connectivity index (χ3v) is 3.93. The Hall–Kier alpha value is -1.53. The van der Waals surface area contributed by atoms with Gasteiger partial charge in [0.15, 0.2) is 4.96 Å². The van der Waals surface area contributed by atoms with E-state index < -0.39 is 16.6 Å². The number of halogens is 3. The first-order valence-corrected chi connectivity index (χ1v) is 6.56. The number of nitrogens with zero attached hydrogens (tertiary/aromatic N) is 2. The van der Waals surface area contributed by atoms with Crippen LogP contribution >= 0.6 is 22.9 Å². The summed E-state index contributed by atoms with van der Waals surface area (Å²) in [6, 6.07) is 6.28. The van der Waals surface area contributed by atoms with Crippen LogP contribution in [0.4, 0.5) is 8.78 Å². The summed E-state index contributed by atoms with van der Waals surface area (Å²) in [5.74, 6) is 0. The fourth-order valence-electron chi connectivity index (χ4n) is 1.88. The van der Waals surface area contributed by atoms with Crippen molar-refractivity contribution in [2.24, 2.45) is 0 Å². The van der Waals surface area contributed by atoms with E-state index in [0.29, 0.717) is 5.52 Å². The van der Waals surface area contributed by atoms with Crippen LogP contribution in [0.2, 0.25) is 0 Å². The van der Waals surface area contributed by atoms with Crippen molar-refractivity contribution in [3.05, 3.63) is 45.9 Å². The van der Waals surface area contributed by atoms with Crippen molar-refractivity contribution >= 4 is 38.1 Å². The van der Waals surface area contributed by atoms with Gasteiger partial charge in [-0.05, 0) is 36.2 Å². The monoisotopic (exact) mass is 300 g/mol. The van der Waals surface area contributed by atoms with Gasteiger partial charge in [-0.15, -0.1) is 0 Å². The molecule has 0 radical (unpaired) electrons. The van der Waals surface area contributed by atoms with Crippen molar-refractivity contribution in [1.82, 2.24) is 9.38 Å². The standard InChI is InChI=1S/C12H7ClF2N2OS/c1-6-2-3-7-8(4-6)19-11-16-9(12(13,14)15)5-10(18)17(7)11/h2-5H,1H3. The number of aromatic nitrogens is 2. The molecule has 0 spiro atoms. The molecule has 0 aliphatic carbocycles. The van der Waals surface area contributed by atoms with Gasteiger partial charge >= 0.3 is 5.38 Å². The van der Waals surface area contributed by atoms with Gasteiger partial charge in [0.25, 0.3) is 5.56 Å². The van der Waals surface area contributed by atoms with E-state index >= 15 is 0 Å². The second-order valence-electron chi connectivity index (χ2n) is 4.17. The van der Waals surface area contributed by atoms with Gasteiger partial charge in [0, 0.05) is 6.07 Å². The fraction of sp³-hybridized carbons (Fsp3) is 0.167. The Kier molecular flexibility index (Phi) is 2.62. The number of benzene rings is 1. The zero-order valence-corrected chi connectivity index (χ0v) is 11.2. The quantitative estimate of drug-likeness (QED) is 0.645. The zero-order valence-electron chi connectivity index (χ0n) is 9.65. The smallest absolute Gasteiger partial charge is 0.269 e. The lowest BCUT2D eigenvalue weighted by Crippen LogP contribution is -2.18. The van der Waals surface area contributed by atoms with Crippen LogP contribution in [0.25, 0.3) is 15.2 Å².